The monoisotopic (exact) mass is 223 g/mol. The zero-order valence-corrected chi connectivity index (χ0v) is 9.64. The SMILES string of the molecule is CC(C)c1cc(N)nc(C2COCCO2)n1. The van der Waals surface area contributed by atoms with Crippen molar-refractivity contribution in [3.63, 3.8) is 0 Å². The number of aromatic nitrogens is 2. The molecule has 0 aromatic carbocycles. The molecule has 0 saturated carbocycles. The van der Waals surface area contributed by atoms with Gasteiger partial charge in [0.1, 0.15) is 11.9 Å². The van der Waals surface area contributed by atoms with Gasteiger partial charge in [-0.15, -0.1) is 0 Å². The molecule has 1 fully saturated rings. The molecule has 2 rings (SSSR count). The highest BCUT2D eigenvalue weighted by atomic mass is 16.6. The number of nitrogens with zero attached hydrogens (tertiary/aromatic N) is 2. The predicted octanol–water partition coefficient (Wildman–Crippen LogP) is 1.27. The predicted molar refractivity (Wildman–Crippen MR) is 60.0 cm³/mol. The summed E-state index contributed by atoms with van der Waals surface area (Å²) < 4.78 is 10.9. The number of anilines is 1. The van der Waals surface area contributed by atoms with Crippen molar-refractivity contribution < 1.29 is 9.47 Å². The van der Waals surface area contributed by atoms with Crippen molar-refractivity contribution in [3.05, 3.63) is 17.6 Å². The van der Waals surface area contributed by atoms with Gasteiger partial charge in [-0.05, 0) is 5.92 Å². The fraction of sp³-hybridized carbons (Fsp3) is 0.636. The average Bonchev–Trinajstić information content (AvgIpc) is 2.29. The third-order valence-electron chi connectivity index (χ3n) is 2.48. The second kappa shape index (κ2) is 4.76. The zero-order valence-electron chi connectivity index (χ0n) is 9.64. The van der Waals surface area contributed by atoms with Crippen molar-refractivity contribution in [1.82, 2.24) is 9.97 Å². The van der Waals surface area contributed by atoms with Gasteiger partial charge in [-0.25, -0.2) is 9.97 Å². The van der Waals surface area contributed by atoms with Gasteiger partial charge in [0, 0.05) is 11.8 Å². The van der Waals surface area contributed by atoms with E-state index in [0.717, 1.165) is 5.69 Å². The Labute approximate surface area is 95.0 Å². The largest absolute Gasteiger partial charge is 0.384 e. The van der Waals surface area contributed by atoms with E-state index in [1.54, 1.807) is 6.07 Å². The van der Waals surface area contributed by atoms with Crippen molar-refractivity contribution in [2.24, 2.45) is 0 Å². The lowest BCUT2D eigenvalue weighted by Gasteiger charge is -2.22. The highest BCUT2D eigenvalue weighted by Crippen LogP contribution is 2.21. The first-order chi connectivity index (χ1) is 7.66. The lowest BCUT2D eigenvalue weighted by Crippen LogP contribution is -2.24. The van der Waals surface area contributed by atoms with Gasteiger partial charge < -0.3 is 15.2 Å². The van der Waals surface area contributed by atoms with Crippen LogP contribution in [0.4, 0.5) is 5.82 Å². The standard InChI is InChI=1S/C11H17N3O2/c1-7(2)8-5-10(12)14-11(13-8)9-6-15-3-4-16-9/h5,7,9H,3-4,6H2,1-2H3,(H2,12,13,14). The summed E-state index contributed by atoms with van der Waals surface area (Å²) in [6.07, 6.45) is -0.185. The molecule has 1 atom stereocenters. The molecule has 1 aromatic heterocycles. The van der Waals surface area contributed by atoms with Gasteiger partial charge in [0.25, 0.3) is 0 Å². The van der Waals surface area contributed by atoms with Crippen LogP contribution < -0.4 is 5.73 Å². The normalized spacial score (nSPS) is 21.3. The molecule has 1 aromatic rings. The molecule has 0 aliphatic carbocycles. The van der Waals surface area contributed by atoms with Crippen LogP contribution in [-0.4, -0.2) is 29.8 Å². The van der Waals surface area contributed by atoms with Gasteiger partial charge in [0.05, 0.1) is 19.8 Å². The van der Waals surface area contributed by atoms with Gasteiger partial charge in [0.2, 0.25) is 0 Å². The summed E-state index contributed by atoms with van der Waals surface area (Å²) in [5.74, 6) is 1.44. The lowest BCUT2D eigenvalue weighted by molar-refractivity contribution is -0.0935. The Kier molecular flexibility index (Phi) is 3.36. The van der Waals surface area contributed by atoms with Crippen molar-refractivity contribution >= 4 is 5.82 Å². The second-order valence-corrected chi connectivity index (χ2v) is 4.16. The number of hydrogen-bond acceptors (Lipinski definition) is 5. The molecule has 0 radical (unpaired) electrons. The maximum atomic E-state index is 5.76. The summed E-state index contributed by atoms with van der Waals surface area (Å²) in [6.45, 7) is 5.87. The topological polar surface area (TPSA) is 70.3 Å². The molecule has 0 bridgehead atoms. The lowest BCUT2D eigenvalue weighted by atomic mass is 10.1. The molecule has 16 heavy (non-hydrogen) atoms. The first-order valence-electron chi connectivity index (χ1n) is 5.50. The first kappa shape index (κ1) is 11.3. The molecule has 0 amide bonds. The molecular weight excluding hydrogens is 206 g/mol. The van der Waals surface area contributed by atoms with Crippen LogP contribution in [0.5, 0.6) is 0 Å². The third kappa shape index (κ3) is 2.48. The van der Waals surface area contributed by atoms with Crippen LogP contribution in [0.2, 0.25) is 0 Å². The molecule has 1 saturated heterocycles. The van der Waals surface area contributed by atoms with Crippen molar-refractivity contribution in [2.45, 2.75) is 25.9 Å². The van der Waals surface area contributed by atoms with E-state index in [4.69, 9.17) is 15.2 Å². The summed E-state index contributed by atoms with van der Waals surface area (Å²) in [4.78, 5) is 8.66. The summed E-state index contributed by atoms with van der Waals surface area (Å²) >= 11 is 0. The van der Waals surface area contributed by atoms with E-state index in [1.165, 1.54) is 0 Å². The summed E-state index contributed by atoms with van der Waals surface area (Å²) in [5.41, 5.74) is 6.70. The molecule has 1 unspecified atom stereocenters. The van der Waals surface area contributed by atoms with Crippen LogP contribution >= 0.6 is 0 Å². The van der Waals surface area contributed by atoms with E-state index in [2.05, 4.69) is 23.8 Å². The molecule has 88 valence electrons. The van der Waals surface area contributed by atoms with Crippen molar-refractivity contribution in [2.75, 3.05) is 25.6 Å². The molecule has 1 aliphatic rings. The molecule has 5 nitrogen and oxygen atoms in total. The Bertz CT molecular complexity index is 362. The highest BCUT2D eigenvalue weighted by molar-refractivity contribution is 5.31. The fourth-order valence-corrected chi connectivity index (χ4v) is 1.58. The quantitative estimate of drug-likeness (QED) is 0.817. The van der Waals surface area contributed by atoms with Gasteiger partial charge in [-0.3, -0.25) is 0 Å². The number of rotatable bonds is 2. The molecule has 1 aliphatic heterocycles. The Hall–Kier alpha value is -1.20. The van der Waals surface area contributed by atoms with Crippen LogP contribution in [-0.2, 0) is 9.47 Å². The number of nitrogens with two attached hydrogens (primary N) is 1. The number of hydrogen-bond donors (Lipinski definition) is 1. The van der Waals surface area contributed by atoms with Crippen LogP contribution in [0.15, 0.2) is 6.07 Å². The fourth-order valence-electron chi connectivity index (χ4n) is 1.58. The minimum Gasteiger partial charge on any atom is -0.384 e. The van der Waals surface area contributed by atoms with E-state index >= 15 is 0 Å². The van der Waals surface area contributed by atoms with E-state index in [1.807, 2.05) is 0 Å². The minimum atomic E-state index is -0.185. The minimum absolute atomic E-state index is 0.185. The van der Waals surface area contributed by atoms with Crippen molar-refractivity contribution in [3.8, 4) is 0 Å². The maximum absolute atomic E-state index is 5.76. The first-order valence-corrected chi connectivity index (χ1v) is 5.50. The molecule has 0 spiro atoms. The Morgan fingerprint density at radius 1 is 1.38 bits per heavy atom. The molecule has 5 heteroatoms. The Balaban J connectivity index is 2.25. The van der Waals surface area contributed by atoms with E-state index in [9.17, 15) is 0 Å². The van der Waals surface area contributed by atoms with Crippen molar-refractivity contribution in [1.29, 1.82) is 0 Å². The van der Waals surface area contributed by atoms with Gasteiger partial charge >= 0.3 is 0 Å². The number of nitrogen functional groups attached to an aromatic ring is 1. The van der Waals surface area contributed by atoms with Gasteiger partial charge in [-0.1, -0.05) is 13.8 Å². The average molecular weight is 223 g/mol. The summed E-state index contributed by atoms with van der Waals surface area (Å²) in [6, 6.07) is 1.80. The Morgan fingerprint density at radius 3 is 2.81 bits per heavy atom. The van der Waals surface area contributed by atoms with Crippen LogP contribution in [0.25, 0.3) is 0 Å². The van der Waals surface area contributed by atoms with E-state index in [-0.39, 0.29) is 6.10 Å². The maximum Gasteiger partial charge on any atom is 0.162 e. The second-order valence-electron chi connectivity index (χ2n) is 4.16. The summed E-state index contributed by atoms with van der Waals surface area (Å²) in [5, 5.41) is 0. The third-order valence-corrected chi connectivity index (χ3v) is 2.48. The van der Waals surface area contributed by atoms with Crippen LogP contribution in [0, 0.1) is 0 Å². The van der Waals surface area contributed by atoms with E-state index in [0.29, 0.717) is 37.4 Å². The Morgan fingerprint density at radius 2 is 2.19 bits per heavy atom. The smallest absolute Gasteiger partial charge is 0.162 e. The van der Waals surface area contributed by atoms with Gasteiger partial charge in [-0.2, -0.15) is 0 Å². The molecule has 2 heterocycles. The van der Waals surface area contributed by atoms with Gasteiger partial charge in [0.15, 0.2) is 5.82 Å². The van der Waals surface area contributed by atoms with E-state index < -0.39 is 0 Å². The van der Waals surface area contributed by atoms with Crippen LogP contribution in [0.3, 0.4) is 0 Å². The number of ether oxygens (including phenoxy) is 2. The highest BCUT2D eigenvalue weighted by Gasteiger charge is 2.20. The summed E-state index contributed by atoms with van der Waals surface area (Å²) in [7, 11) is 0. The van der Waals surface area contributed by atoms with Crippen LogP contribution in [0.1, 0.15) is 37.4 Å². The molecule has 2 N–H and O–H groups in total. The molecular formula is C11H17N3O2. The zero-order chi connectivity index (χ0) is 11.5.